The molecular formula is C20H23N3O. The van der Waals surface area contributed by atoms with Crippen LogP contribution in [0.15, 0.2) is 42.5 Å². The summed E-state index contributed by atoms with van der Waals surface area (Å²) < 4.78 is 0. The molecule has 4 N–H and O–H groups in total. The normalized spacial score (nSPS) is 12.3. The van der Waals surface area contributed by atoms with Crippen LogP contribution in [0, 0.1) is 20.8 Å². The molecule has 0 aliphatic carbocycles. The first-order chi connectivity index (χ1) is 11.5. The Morgan fingerprint density at radius 1 is 1.12 bits per heavy atom. The molecule has 0 radical (unpaired) electrons. The van der Waals surface area contributed by atoms with Crippen LogP contribution < -0.4 is 11.1 Å². The van der Waals surface area contributed by atoms with Gasteiger partial charge in [0, 0.05) is 23.1 Å². The Morgan fingerprint density at radius 3 is 2.54 bits per heavy atom. The zero-order valence-electron chi connectivity index (χ0n) is 14.3. The van der Waals surface area contributed by atoms with Gasteiger partial charge in [-0.2, -0.15) is 0 Å². The molecule has 2 aromatic carbocycles. The Morgan fingerprint density at radius 2 is 1.83 bits per heavy atom. The van der Waals surface area contributed by atoms with Gasteiger partial charge in [0.15, 0.2) is 0 Å². The van der Waals surface area contributed by atoms with Gasteiger partial charge in [-0.1, -0.05) is 35.9 Å². The zero-order chi connectivity index (χ0) is 17.3. The molecule has 1 aromatic heterocycles. The van der Waals surface area contributed by atoms with Crippen molar-refractivity contribution in [1.82, 2.24) is 10.3 Å². The van der Waals surface area contributed by atoms with Gasteiger partial charge in [-0.25, -0.2) is 0 Å². The maximum absolute atomic E-state index is 12.3. The van der Waals surface area contributed by atoms with Crippen molar-refractivity contribution in [2.24, 2.45) is 5.73 Å². The summed E-state index contributed by atoms with van der Waals surface area (Å²) in [5.74, 6) is -0.166. The largest absolute Gasteiger partial charge is 0.358 e. The Labute approximate surface area is 142 Å². The summed E-state index contributed by atoms with van der Waals surface area (Å²) in [4.78, 5) is 15.6. The van der Waals surface area contributed by atoms with Crippen LogP contribution in [0.3, 0.4) is 0 Å². The van der Waals surface area contributed by atoms with E-state index in [1.165, 1.54) is 16.6 Å². The number of fused-ring (bicyclic) bond motifs is 1. The fourth-order valence-corrected chi connectivity index (χ4v) is 2.84. The molecule has 1 heterocycles. The molecule has 0 spiro atoms. The third-order valence-corrected chi connectivity index (χ3v) is 4.56. The standard InChI is InChI=1S/C20H23N3O/c1-12-4-7-16(8-5-12)19(21)20(24)22-11-15-6-9-18-17(10-15)13(2)14(3)23-18/h4-10,19,23H,11,21H2,1-3H3,(H,22,24). The summed E-state index contributed by atoms with van der Waals surface area (Å²) in [5.41, 5.74) is 12.6. The molecule has 3 rings (SSSR count). The topological polar surface area (TPSA) is 70.9 Å². The highest BCUT2D eigenvalue weighted by Crippen LogP contribution is 2.22. The van der Waals surface area contributed by atoms with Crippen LogP contribution in [0.25, 0.3) is 10.9 Å². The first-order valence-electron chi connectivity index (χ1n) is 8.13. The number of hydrogen-bond acceptors (Lipinski definition) is 2. The van der Waals surface area contributed by atoms with Crippen LogP contribution in [0.2, 0.25) is 0 Å². The summed E-state index contributed by atoms with van der Waals surface area (Å²) in [6.45, 7) is 6.65. The van der Waals surface area contributed by atoms with E-state index in [2.05, 4.69) is 36.3 Å². The van der Waals surface area contributed by atoms with Gasteiger partial charge in [-0.05, 0) is 49.6 Å². The number of amides is 1. The molecule has 0 saturated carbocycles. The minimum atomic E-state index is -0.648. The lowest BCUT2D eigenvalue weighted by atomic mass is 10.0. The monoisotopic (exact) mass is 321 g/mol. The summed E-state index contributed by atoms with van der Waals surface area (Å²) in [6, 6.07) is 13.3. The van der Waals surface area contributed by atoms with Gasteiger partial charge in [-0.3, -0.25) is 4.79 Å². The molecule has 24 heavy (non-hydrogen) atoms. The average Bonchev–Trinajstić information content (AvgIpc) is 2.87. The van der Waals surface area contributed by atoms with E-state index in [1.807, 2.05) is 37.3 Å². The van der Waals surface area contributed by atoms with E-state index in [0.717, 1.165) is 22.2 Å². The van der Waals surface area contributed by atoms with Crippen LogP contribution in [-0.2, 0) is 11.3 Å². The molecule has 1 unspecified atom stereocenters. The lowest BCUT2D eigenvalue weighted by molar-refractivity contribution is -0.122. The van der Waals surface area contributed by atoms with Crippen LogP contribution in [-0.4, -0.2) is 10.9 Å². The van der Waals surface area contributed by atoms with Crippen LogP contribution >= 0.6 is 0 Å². The van der Waals surface area contributed by atoms with E-state index in [4.69, 9.17) is 5.73 Å². The molecule has 0 aliphatic rings. The number of benzene rings is 2. The Bertz CT molecular complexity index is 878. The number of rotatable bonds is 4. The van der Waals surface area contributed by atoms with Gasteiger partial charge in [0.25, 0.3) is 0 Å². The molecule has 0 saturated heterocycles. The van der Waals surface area contributed by atoms with Crippen molar-refractivity contribution in [3.63, 3.8) is 0 Å². The molecule has 4 nitrogen and oxygen atoms in total. The van der Waals surface area contributed by atoms with Crippen LogP contribution in [0.4, 0.5) is 0 Å². The molecule has 124 valence electrons. The average molecular weight is 321 g/mol. The smallest absolute Gasteiger partial charge is 0.241 e. The number of carbonyl (C=O) groups excluding carboxylic acids is 1. The van der Waals surface area contributed by atoms with E-state index in [1.54, 1.807) is 0 Å². The zero-order valence-corrected chi connectivity index (χ0v) is 14.3. The maximum atomic E-state index is 12.3. The summed E-state index contributed by atoms with van der Waals surface area (Å²) in [6.07, 6.45) is 0. The van der Waals surface area contributed by atoms with E-state index in [9.17, 15) is 4.79 Å². The lowest BCUT2D eigenvalue weighted by Crippen LogP contribution is -2.33. The van der Waals surface area contributed by atoms with Gasteiger partial charge >= 0.3 is 0 Å². The molecule has 0 fully saturated rings. The van der Waals surface area contributed by atoms with Crippen LogP contribution in [0.1, 0.15) is 34.0 Å². The van der Waals surface area contributed by atoms with Crippen LogP contribution in [0.5, 0.6) is 0 Å². The second-order valence-electron chi connectivity index (χ2n) is 6.36. The van der Waals surface area contributed by atoms with Gasteiger partial charge in [0.05, 0.1) is 0 Å². The molecule has 0 aliphatic heterocycles. The summed E-state index contributed by atoms with van der Waals surface area (Å²) >= 11 is 0. The molecule has 0 bridgehead atoms. The third-order valence-electron chi connectivity index (χ3n) is 4.56. The number of H-pyrrole nitrogens is 1. The van der Waals surface area contributed by atoms with Crippen molar-refractivity contribution in [1.29, 1.82) is 0 Å². The van der Waals surface area contributed by atoms with Crippen molar-refractivity contribution in [2.45, 2.75) is 33.4 Å². The van der Waals surface area contributed by atoms with Crippen molar-refractivity contribution < 1.29 is 4.79 Å². The van der Waals surface area contributed by atoms with Gasteiger partial charge in [-0.15, -0.1) is 0 Å². The highest BCUT2D eigenvalue weighted by Gasteiger charge is 2.15. The van der Waals surface area contributed by atoms with E-state index < -0.39 is 6.04 Å². The van der Waals surface area contributed by atoms with Crippen molar-refractivity contribution in [3.8, 4) is 0 Å². The highest BCUT2D eigenvalue weighted by atomic mass is 16.2. The second-order valence-corrected chi connectivity index (χ2v) is 6.36. The quantitative estimate of drug-likeness (QED) is 0.689. The Hall–Kier alpha value is -2.59. The fourth-order valence-electron chi connectivity index (χ4n) is 2.84. The third kappa shape index (κ3) is 3.19. The molecular weight excluding hydrogens is 298 g/mol. The number of nitrogens with one attached hydrogen (secondary N) is 2. The van der Waals surface area contributed by atoms with Crippen molar-refractivity contribution >= 4 is 16.8 Å². The number of aryl methyl sites for hydroxylation is 3. The van der Waals surface area contributed by atoms with Crippen molar-refractivity contribution in [3.05, 3.63) is 70.4 Å². The number of hydrogen-bond donors (Lipinski definition) is 3. The molecule has 1 atom stereocenters. The van der Waals surface area contributed by atoms with Gasteiger partial charge < -0.3 is 16.0 Å². The molecule has 4 heteroatoms. The predicted molar refractivity (Wildman–Crippen MR) is 97.7 cm³/mol. The molecule has 3 aromatic rings. The Balaban J connectivity index is 1.69. The number of aromatic nitrogens is 1. The molecule has 1 amide bonds. The lowest BCUT2D eigenvalue weighted by Gasteiger charge is -2.13. The summed E-state index contributed by atoms with van der Waals surface area (Å²) in [7, 11) is 0. The Kier molecular flexibility index (Phi) is 4.40. The predicted octanol–water partition coefficient (Wildman–Crippen LogP) is 3.41. The van der Waals surface area contributed by atoms with Gasteiger partial charge in [0.2, 0.25) is 5.91 Å². The fraction of sp³-hybridized carbons (Fsp3) is 0.250. The maximum Gasteiger partial charge on any atom is 0.241 e. The highest BCUT2D eigenvalue weighted by molar-refractivity contribution is 5.85. The van der Waals surface area contributed by atoms with Gasteiger partial charge in [0.1, 0.15) is 6.04 Å². The second kappa shape index (κ2) is 6.49. The number of aromatic amines is 1. The SMILES string of the molecule is Cc1ccc(C(N)C(=O)NCc2ccc3[nH]c(C)c(C)c3c2)cc1. The first kappa shape index (κ1) is 16.3. The van der Waals surface area contributed by atoms with E-state index in [0.29, 0.717) is 6.54 Å². The van der Waals surface area contributed by atoms with E-state index in [-0.39, 0.29) is 5.91 Å². The van der Waals surface area contributed by atoms with Crippen molar-refractivity contribution in [2.75, 3.05) is 0 Å². The minimum Gasteiger partial charge on any atom is -0.358 e. The summed E-state index contributed by atoms with van der Waals surface area (Å²) in [5, 5.41) is 4.13. The minimum absolute atomic E-state index is 0.166. The number of nitrogens with two attached hydrogens (primary N) is 1. The number of carbonyl (C=O) groups is 1. The van der Waals surface area contributed by atoms with E-state index >= 15 is 0 Å². The first-order valence-corrected chi connectivity index (χ1v) is 8.13.